The molecule has 5 nitrogen and oxygen atoms in total. The second-order valence-electron chi connectivity index (χ2n) is 5.27. The molecule has 1 heterocycles. The highest BCUT2D eigenvalue weighted by atomic mass is 35.5. The van der Waals surface area contributed by atoms with E-state index >= 15 is 0 Å². The standard InChI is InChI=1S/C17H13ClFN3O2/c1-10-20-16-13(3-2-4-14(16)18)17(24)22(10)21-15(23)9-11-5-7-12(19)8-6-11/h2-8H,9H2,1H3,(H,21,23). The van der Waals surface area contributed by atoms with Crippen LogP contribution in [-0.4, -0.2) is 15.6 Å². The smallest absolute Gasteiger partial charge is 0.273 e. The van der Waals surface area contributed by atoms with Crippen molar-refractivity contribution in [1.82, 2.24) is 9.66 Å². The number of halogens is 2. The number of para-hydroxylation sites is 1. The Bertz CT molecular complexity index is 984. The number of nitrogens with zero attached hydrogens (tertiary/aromatic N) is 2. The minimum absolute atomic E-state index is 0.0136. The highest BCUT2D eigenvalue weighted by molar-refractivity contribution is 6.34. The van der Waals surface area contributed by atoms with Gasteiger partial charge in [-0.2, -0.15) is 0 Å². The van der Waals surface area contributed by atoms with Crippen molar-refractivity contribution in [2.75, 3.05) is 5.43 Å². The highest BCUT2D eigenvalue weighted by Gasteiger charge is 2.12. The number of amides is 1. The molecule has 0 aliphatic heterocycles. The van der Waals surface area contributed by atoms with Crippen molar-refractivity contribution in [1.29, 1.82) is 0 Å². The third-order valence-electron chi connectivity index (χ3n) is 3.53. The van der Waals surface area contributed by atoms with Gasteiger partial charge in [0.15, 0.2) is 0 Å². The molecule has 1 aromatic heterocycles. The molecule has 0 bridgehead atoms. The van der Waals surface area contributed by atoms with E-state index in [4.69, 9.17) is 11.6 Å². The summed E-state index contributed by atoms with van der Waals surface area (Å²) in [5.41, 5.74) is 3.14. The zero-order valence-electron chi connectivity index (χ0n) is 12.7. The summed E-state index contributed by atoms with van der Waals surface area (Å²) in [6.45, 7) is 1.60. The molecule has 1 amide bonds. The van der Waals surface area contributed by atoms with Crippen molar-refractivity contribution in [2.24, 2.45) is 0 Å². The van der Waals surface area contributed by atoms with Crippen LogP contribution in [0.15, 0.2) is 47.3 Å². The molecule has 0 spiro atoms. The molecule has 24 heavy (non-hydrogen) atoms. The summed E-state index contributed by atoms with van der Waals surface area (Å²) in [6.07, 6.45) is 0.0136. The number of carbonyl (C=O) groups excluding carboxylic acids is 1. The first-order chi connectivity index (χ1) is 11.5. The molecule has 3 rings (SSSR count). The van der Waals surface area contributed by atoms with Crippen LogP contribution >= 0.6 is 11.6 Å². The first kappa shape index (κ1) is 16.1. The van der Waals surface area contributed by atoms with E-state index in [2.05, 4.69) is 10.4 Å². The minimum atomic E-state index is -0.410. The number of nitrogens with one attached hydrogen (secondary N) is 1. The molecule has 0 unspecified atom stereocenters. The minimum Gasteiger partial charge on any atom is -0.273 e. The maximum absolute atomic E-state index is 12.9. The van der Waals surface area contributed by atoms with Gasteiger partial charge in [0, 0.05) is 0 Å². The molecule has 3 aromatic rings. The molecule has 0 radical (unpaired) electrons. The van der Waals surface area contributed by atoms with Crippen LogP contribution in [-0.2, 0) is 11.2 Å². The molecular weight excluding hydrogens is 333 g/mol. The van der Waals surface area contributed by atoms with Gasteiger partial charge in [0.25, 0.3) is 5.56 Å². The number of rotatable bonds is 3. The second kappa shape index (κ2) is 6.41. The van der Waals surface area contributed by atoms with Crippen molar-refractivity contribution in [3.05, 3.63) is 75.0 Å². The number of hydrogen-bond donors (Lipinski definition) is 1. The zero-order valence-corrected chi connectivity index (χ0v) is 13.5. The number of benzene rings is 2. The lowest BCUT2D eigenvalue weighted by atomic mass is 10.1. The van der Waals surface area contributed by atoms with E-state index in [9.17, 15) is 14.0 Å². The van der Waals surface area contributed by atoms with E-state index in [1.165, 1.54) is 24.3 Å². The summed E-state index contributed by atoms with van der Waals surface area (Å²) in [4.78, 5) is 29.0. The highest BCUT2D eigenvalue weighted by Crippen LogP contribution is 2.18. The Kier molecular flexibility index (Phi) is 4.31. The molecule has 0 aliphatic carbocycles. The van der Waals surface area contributed by atoms with Crippen molar-refractivity contribution < 1.29 is 9.18 Å². The van der Waals surface area contributed by atoms with Crippen LogP contribution in [0.1, 0.15) is 11.4 Å². The van der Waals surface area contributed by atoms with E-state index < -0.39 is 11.5 Å². The van der Waals surface area contributed by atoms with Crippen molar-refractivity contribution >= 4 is 28.4 Å². The van der Waals surface area contributed by atoms with Crippen molar-refractivity contribution in [2.45, 2.75) is 13.3 Å². The lowest BCUT2D eigenvalue weighted by molar-refractivity contribution is -0.116. The van der Waals surface area contributed by atoms with Gasteiger partial charge >= 0.3 is 0 Å². The number of aryl methyl sites for hydroxylation is 1. The summed E-state index contributed by atoms with van der Waals surface area (Å²) >= 11 is 6.05. The third-order valence-corrected chi connectivity index (χ3v) is 3.84. The number of fused-ring (bicyclic) bond motifs is 1. The average Bonchev–Trinajstić information content (AvgIpc) is 2.55. The number of hydrogen-bond acceptors (Lipinski definition) is 3. The molecule has 0 aliphatic rings. The van der Waals surface area contributed by atoms with E-state index in [1.54, 1.807) is 25.1 Å². The number of carbonyl (C=O) groups is 1. The monoisotopic (exact) mass is 345 g/mol. The lowest BCUT2D eigenvalue weighted by Crippen LogP contribution is -2.36. The van der Waals surface area contributed by atoms with E-state index in [-0.39, 0.29) is 12.2 Å². The molecule has 1 N–H and O–H groups in total. The zero-order chi connectivity index (χ0) is 17.3. The van der Waals surface area contributed by atoms with Crippen molar-refractivity contribution in [3.63, 3.8) is 0 Å². The summed E-state index contributed by atoms with van der Waals surface area (Å²) < 4.78 is 14.0. The van der Waals surface area contributed by atoms with Crippen LogP contribution in [0.25, 0.3) is 10.9 Å². The van der Waals surface area contributed by atoms with Crippen LogP contribution in [0.5, 0.6) is 0 Å². The Balaban J connectivity index is 1.91. The lowest BCUT2D eigenvalue weighted by Gasteiger charge is -2.12. The summed E-state index contributed by atoms with van der Waals surface area (Å²) in [5, 5.41) is 0.688. The first-order valence-corrected chi connectivity index (χ1v) is 7.55. The fourth-order valence-electron chi connectivity index (χ4n) is 2.36. The van der Waals surface area contributed by atoms with Gasteiger partial charge in [0.2, 0.25) is 5.91 Å². The van der Waals surface area contributed by atoms with Gasteiger partial charge in [-0.05, 0) is 36.8 Å². The Hall–Kier alpha value is -2.73. The van der Waals surface area contributed by atoms with Gasteiger partial charge in [-0.15, -0.1) is 0 Å². The molecule has 0 atom stereocenters. The van der Waals surface area contributed by atoms with E-state index in [0.29, 0.717) is 27.3 Å². The topological polar surface area (TPSA) is 64.0 Å². The first-order valence-electron chi connectivity index (χ1n) is 7.18. The Morgan fingerprint density at radius 1 is 1.25 bits per heavy atom. The van der Waals surface area contributed by atoms with Crippen LogP contribution in [0.4, 0.5) is 4.39 Å². The van der Waals surface area contributed by atoms with Crippen LogP contribution in [0.2, 0.25) is 5.02 Å². The predicted molar refractivity (Wildman–Crippen MR) is 90.2 cm³/mol. The van der Waals surface area contributed by atoms with Crippen LogP contribution < -0.4 is 11.0 Å². The molecular formula is C17H13ClFN3O2. The van der Waals surface area contributed by atoms with Gasteiger partial charge < -0.3 is 0 Å². The second-order valence-corrected chi connectivity index (χ2v) is 5.68. The molecule has 2 aromatic carbocycles. The van der Waals surface area contributed by atoms with E-state index in [0.717, 1.165) is 4.68 Å². The summed E-state index contributed by atoms with van der Waals surface area (Å²) in [7, 11) is 0. The van der Waals surface area contributed by atoms with Gasteiger partial charge in [-0.25, -0.2) is 14.1 Å². The van der Waals surface area contributed by atoms with Gasteiger partial charge in [0.1, 0.15) is 11.6 Å². The fourth-order valence-corrected chi connectivity index (χ4v) is 2.58. The largest absolute Gasteiger partial charge is 0.280 e. The number of aromatic nitrogens is 2. The van der Waals surface area contributed by atoms with E-state index in [1.807, 2.05) is 0 Å². The van der Waals surface area contributed by atoms with Crippen molar-refractivity contribution in [3.8, 4) is 0 Å². The Labute approximate surface area is 141 Å². The molecule has 122 valence electrons. The van der Waals surface area contributed by atoms with Gasteiger partial charge in [-0.3, -0.25) is 15.0 Å². The Morgan fingerprint density at radius 3 is 2.67 bits per heavy atom. The molecule has 0 fully saturated rings. The van der Waals surface area contributed by atoms with Gasteiger partial charge in [0.05, 0.1) is 22.3 Å². The SMILES string of the molecule is Cc1nc2c(Cl)cccc2c(=O)n1NC(=O)Cc1ccc(F)cc1. The maximum atomic E-state index is 12.9. The predicted octanol–water partition coefficient (Wildman–Crippen LogP) is 2.81. The van der Waals surface area contributed by atoms with Crippen LogP contribution in [0.3, 0.4) is 0 Å². The summed E-state index contributed by atoms with van der Waals surface area (Å²) in [5.74, 6) is -0.468. The quantitative estimate of drug-likeness (QED) is 0.794. The average molecular weight is 346 g/mol. The Morgan fingerprint density at radius 2 is 1.96 bits per heavy atom. The third kappa shape index (κ3) is 3.14. The fraction of sp³-hybridized carbons (Fsp3) is 0.118. The molecule has 0 saturated carbocycles. The summed E-state index contributed by atoms with van der Waals surface area (Å²) in [6, 6.07) is 10.5. The molecule has 7 heteroatoms. The maximum Gasteiger partial charge on any atom is 0.280 e. The normalized spacial score (nSPS) is 10.8. The van der Waals surface area contributed by atoms with Gasteiger partial charge in [-0.1, -0.05) is 29.8 Å². The van der Waals surface area contributed by atoms with Crippen LogP contribution in [0, 0.1) is 12.7 Å². The molecule has 0 saturated heterocycles.